The minimum Gasteiger partial charge on any atom is -0.374 e. The molecule has 4 N–H and O–H groups in total. The molecule has 0 spiro atoms. The lowest BCUT2D eigenvalue weighted by Gasteiger charge is -2.24. The van der Waals surface area contributed by atoms with Gasteiger partial charge < -0.3 is 11.5 Å². The normalized spacial score (nSPS) is 27.8. The van der Waals surface area contributed by atoms with Crippen LogP contribution in [0.5, 0.6) is 0 Å². The van der Waals surface area contributed by atoms with Crippen LogP contribution in [0.25, 0.3) is 0 Å². The van der Waals surface area contributed by atoms with Crippen molar-refractivity contribution in [2.24, 2.45) is 5.73 Å². The Labute approximate surface area is 91.5 Å². The number of anilines is 1. The highest BCUT2D eigenvalue weighted by Crippen LogP contribution is 2.34. The van der Waals surface area contributed by atoms with Gasteiger partial charge >= 0.3 is 0 Å². The second-order valence-corrected chi connectivity index (χ2v) is 6.12. The highest BCUT2D eigenvalue weighted by molar-refractivity contribution is 8.01. The largest absolute Gasteiger partial charge is 0.374 e. The third kappa shape index (κ3) is 2.59. The number of nitrogens with zero attached hydrogens (tertiary/aromatic N) is 2. The van der Waals surface area contributed by atoms with Crippen molar-refractivity contribution in [2.75, 3.05) is 5.73 Å². The molecule has 1 aliphatic carbocycles. The minimum atomic E-state index is 0.409. The van der Waals surface area contributed by atoms with Gasteiger partial charge in [0.2, 0.25) is 5.13 Å². The van der Waals surface area contributed by atoms with Gasteiger partial charge in [-0.05, 0) is 25.7 Å². The number of nitrogen functional groups attached to an aromatic ring is 1. The summed E-state index contributed by atoms with van der Waals surface area (Å²) in [5, 5.41) is 9.01. The van der Waals surface area contributed by atoms with E-state index in [4.69, 9.17) is 11.5 Å². The fourth-order valence-electron chi connectivity index (χ4n) is 1.62. The van der Waals surface area contributed by atoms with Crippen LogP contribution in [-0.4, -0.2) is 21.5 Å². The molecule has 1 fully saturated rings. The number of hydrogen-bond donors (Lipinski definition) is 2. The Morgan fingerprint density at radius 3 is 2.50 bits per heavy atom. The van der Waals surface area contributed by atoms with E-state index in [-0.39, 0.29) is 0 Å². The molecule has 1 saturated carbocycles. The Hall–Kier alpha value is -0.330. The molecular weight excluding hydrogens is 216 g/mol. The first-order chi connectivity index (χ1) is 6.74. The summed E-state index contributed by atoms with van der Waals surface area (Å²) in [5.74, 6) is 0. The quantitative estimate of drug-likeness (QED) is 0.804. The summed E-state index contributed by atoms with van der Waals surface area (Å²) < 4.78 is 0.989. The molecule has 2 rings (SSSR count). The van der Waals surface area contributed by atoms with Gasteiger partial charge in [-0.15, -0.1) is 10.2 Å². The molecule has 4 nitrogen and oxygen atoms in total. The number of nitrogens with two attached hydrogens (primary N) is 2. The van der Waals surface area contributed by atoms with Crippen molar-refractivity contribution in [1.82, 2.24) is 10.2 Å². The Bertz CT molecular complexity index is 293. The lowest BCUT2D eigenvalue weighted by Crippen LogP contribution is -2.27. The van der Waals surface area contributed by atoms with Gasteiger partial charge in [0.15, 0.2) is 4.34 Å². The number of aromatic nitrogens is 2. The summed E-state index contributed by atoms with van der Waals surface area (Å²) in [5.41, 5.74) is 11.4. The highest BCUT2D eigenvalue weighted by Gasteiger charge is 2.20. The van der Waals surface area contributed by atoms with Gasteiger partial charge in [0.1, 0.15) is 0 Å². The van der Waals surface area contributed by atoms with E-state index >= 15 is 0 Å². The number of hydrogen-bond acceptors (Lipinski definition) is 6. The van der Waals surface area contributed by atoms with E-state index in [2.05, 4.69) is 10.2 Å². The minimum absolute atomic E-state index is 0.409. The van der Waals surface area contributed by atoms with E-state index in [0.717, 1.165) is 17.2 Å². The zero-order valence-corrected chi connectivity index (χ0v) is 9.48. The van der Waals surface area contributed by atoms with Crippen molar-refractivity contribution >= 4 is 28.2 Å². The Morgan fingerprint density at radius 2 is 1.93 bits per heavy atom. The molecule has 0 bridgehead atoms. The maximum atomic E-state index is 5.84. The summed E-state index contributed by atoms with van der Waals surface area (Å²) in [4.78, 5) is 0. The summed E-state index contributed by atoms with van der Waals surface area (Å²) in [6.07, 6.45) is 4.63. The third-order valence-corrected chi connectivity index (χ3v) is 4.58. The summed E-state index contributed by atoms with van der Waals surface area (Å²) in [7, 11) is 0. The van der Waals surface area contributed by atoms with Crippen LogP contribution in [0.1, 0.15) is 25.7 Å². The average molecular weight is 230 g/mol. The SMILES string of the molecule is Nc1nnc(SC2CCC(N)CC2)s1. The van der Waals surface area contributed by atoms with Crippen molar-refractivity contribution in [1.29, 1.82) is 0 Å². The zero-order chi connectivity index (χ0) is 9.97. The van der Waals surface area contributed by atoms with Crippen molar-refractivity contribution in [2.45, 2.75) is 41.3 Å². The molecule has 0 amide bonds. The number of thioether (sulfide) groups is 1. The van der Waals surface area contributed by atoms with E-state index in [0.29, 0.717) is 16.4 Å². The van der Waals surface area contributed by atoms with Crippen LogP contribution in [0.3, 0.4) is 0 Å². The Morgan fingerprint density at radius 1 is 1.21 bits per heavy atom. The predicted octanol–water partition coefficient (Wildman–Crippen LogP) is 1.48. The van der Waals surface area contributed by atoms with E-state index in [1.54, 1.807) is 11.8 Å². The second kappa shape index (κ2) is 4.46. The van der Waals surface area contributed by atoms with Crippen molar-refractivity contribution in [3.8, 4) is 0 Å². The lowest BCUT2D eigenvalue weighted by atomic mass is 9.96. The first-order valence-electron chi connectivity index (χ1n) is 4.75. The maximum Gasteiger partial charge on any atom is 0.203 e. The molecule has 0 radical (unpaired) electrons. The summed E-state index contributed by atoms with van der Waals surface area (Å²) in [6, 6.07) is 0.409. The first-order valence-corrected chi connectivity index (χ1v) is 6.45. The van der Waals surface area contributed by atoms with Gasteiger partial charge in [-0.25, -0.2) is 0 Å². The van der Waals surface area contributed by atoms with Crippen molar-refractivity contribution < 1.29 is 0 Å². The molecule has 1 aromatic rings. The van der Waals surface area contributed by atoms with Gasteiger partial charge in [-0.2, -0.15) is 0 Å². The first kappa shape index (κ1) is 10.2. The molecule has 1 aromatic heterocycles. The standard InChI is InChI=1S/C8H14N4S2/c9-5-1-3-6(4-2-5)13-8-12-11-7(10)14-8/h5-6H,1-4,9H2,(H2,10,11). The summed E-state index contributed by atoms with van der Waals surface area (Å²) in [6.45, 7) is 0. The molecule has 0 aromatic carbocycles. The molecule has 0 saturated heterocycles. The fraction of sp³-hybridized carbons (Fsp3) is 0.750. The molecule has 0 atom stereocenters. The smallest absolute Gasteiger partial charge is 0.203 e. The zero-order valence-electron chi connectivity index (χ0n) is 7.85. The average Bonchev–Trinajstić information content (AvgIpc) is 2.56. The van der Waals surface area contributed by atoms with Crippen molar-refractivity contribution in [3.63, 3.8) is 0 Å². The Balaban J connectivity index is 1.86. The van der Waals surface area contributed by atoms with Crippen LogP contribution in [0.15, 0.2) is 4.34 Å². The van der Waals surface area contributed by atoms with E-state index in [9.17, 15) is 0 Å². The van der Waals surface area contributed by atoms with E-state index < -0.39 is 0 Å². The monoisotopic (exact) mass is 230 g/mol. The van der Waals surface area contributed by atoms with Crippen LogP contribution >= 0.6 is 23.1 Å². The lowest BCUT2D eigenvalue weighted by molar-refractivity contribution is 0.450. The molecule has 14 heavy (non-hydrogen) atoms. The molecule has 78 valence electrons. The van der Waals surface area contributed by atoms with E-state index in [1.807, 2.05) is 0 Å². The van der Waals surface area contributed by atoms with Crippen LogP contribution in [0.2, 0.25) is 0 Å². The second-order valence-electron chi connectivity index (χ2n) is 3.56. The molecular formula is C8H14N4S2. The van der Waals surface area contributed by atoms with Gasteiger partial charge in [0.25, 0.3) is 0 Å². The third-order valence-electron chi connectivity index (χ3n) is 2.41. The van der Waals surface area contributed by atoms with Crippen LogP contribution in [0.4, 0.5) is 5.13 Å². The molecule has 0 unspecified atom stereocenters. The maximum absolute atomic E-state index is 5.84. The molecule has 1 heterocycles. The van der Waals surface area contributed by atoms with Gasteiger partial charge in [0.05, 0.1) is 0 Å². The van der Waals surface area contributed by atoms with Crippen LogP contribution in [0, 0.1) is 0 Å². The fourth-order valence-corrected chi connectivity index (χ4v) is 3.70. The number of rotatable bonds is 2. The van der Waals surface area contributed by atoms with Crippen LogP contribution in [-0.2, 0) is 0 Å². The van der Waals surface area contributed by atoms with E-state index in [1.165, 1.54) is 24.2 Å². The van der Waals surface area contributed by atoms with Gasteiger partial charge in [-0.3, -0.25) is 0 Å². The molecule has 1 aliphatic rings. The molecule has 0 aliphatic heterocycles. The summed E-state index contributed by atoms with van der Waals surface area (Å²) >= 11 is 3.27. The van der Waals surface area contributed by atoms with Crippen molar-refractivity contribution in [3.05, 3.63) is 0 Å². The van der Waals surface area contributed by atoms with Gasteiger partial charge in [-0.1, -0.05) is 23.1 Å². The van der Waals surface area contributed by atoms with Crippen LogP contribution < -0.4 is 11.5 Å². The topological polar surface area (TPSA) is 77.8 Å². The van der Waals surface area contributed by atoms with Gasteiger partial charge in [0, 0.05) is 11.3 Å². The highest BCUT2D eigenvalue weighted by atomic mass is 32.2. The predicted molar refractivity (Wildman–Crippen MR) is 60.4 cm³/mol. The molecule has 6 heteroatoms. The Kier molecular flexibility index (Phi) is 3.25.